The number of carbonyl (C=O) groups is 1. The fourth-order valence-electron chi connectivity index (χ4n) is 0.965. The van der Waals surface area contributed by atoms with Gasteiger partial charge in [-0.1, -0.05) is 0 Å². The van der Waals surface area contributed by atoms with Crippen molar-refractivity contribution in [2.75, 3.05) is 11.2 Å². The first-order chi connectivity index (χ1) is 6.59. The molecule has 1 aromatic carbocycles. The summed E-state index contributed by atoms with van der Waals surface area (Å²) in [5, 5.41) is 2.69. The molecule has 1 unspecified atom stereocenters. The monoisotopic (exact) mass is 212 g/mol. The quantitative estimate of drug-likeness (QED) is 0.600. The molecule has 1 N–H and O–H groups in total. The predicted molar refractivity (Wildman–Crippen MR) is 53.9 cm³/mol. The molecule has 0 amide bonds. The average molecular weight is 212 g/mol. The number of Topliss-reactive ketones (excluding diaryl/α,β-unsaturated/α-hetero) is 1. The lowest BCUT2D eigenvalue weighted by Gasteiger charge is -2.08. The molecule has 0 fully saturated rings. The van der Waals surface area contributed by atoms with Crippen LogP contribution < -0.4 is 5.32 Å². The Balaban J connectivity index is 2.64. The third-order valence-corrected chi connectivity index (χ3v) is 2.07. The summed E-state index contributed by atoms with van der Waals surface area (Å²) in [5.41, 5.74) is 1.29. The van der Waals surface area contributed by atoms with Crippen molar-refractivity contribution in [2.24, 2.45) is 0 Å². The summed E-state index contributed by atoms with van der Waals surface area (Å²) in [6.45, 7) is 1.48. The molecule has 14 heavy (non-hydrogen) atoms. The van der Waals surface area contributed by atoms with E-state index in [1.807, 2.05) is 0 Å². The molecule has 0 bridgehead atoms. The number of benzene rings is 1. The van der Waals surface area contributed by atoms with Crippen molar-refractivity contribution >= 4 is 22.6 Å². The van der Waals surface area contributed by atoms with Crippen LogP contribution in [0.25, 0.3) is 0 Å². The maximum Gasteiger partial charge on any atom is 0.159 e. The van der Waals surface area contributed by atoms with E-state index in [1.165, 1.54) is 6.92 Å². The van der Waals surface area contributed by atoms with E-state index in [-0.39, 0.29) is 11.7 Å². The van der Waals surface area contributed by atoms with Crippen molar-refractivity contribution in [1.29, 1.82) is 0 Å². The van der Waals surface area contributed by atoms with E-state index in [9.17, 15) is 13.6 Å². The minimum Gasteiger partial charge on any atom is -0.771 e. The largest absolute Gasteiger partial charge is 0.771 e. The number of hydrogen-bond donors (Lipinski definition) is 1. The van der Waals surface area contributed by atoms with E-state index in [1.54, 1.807) is 24.3 Å². The van der Waals surface area contributed by atoms with Gasteiger partial charge in [-0.25, -0.2) is 0 Å². The minimum atomic E-state index is -2.11. The molecule has 0 aliphatic carbocycles. The molecule has 5 heteroatoms. The van der Waals surface area contributed by atoms with Crippen LogP contribution in [0.15, 0.2) is 24.3 Å². The Morgan fingerprint density at radius 2 is 2.00 bits per heavy atom. The van der Waals surface area contributed by atoms with Gasteiger partial charge in [0.15, 0.2) is 5.78 Å². The molecule has 0 aromatic heterocycles. The summed E-state index contributed by atoms with van der Waals surface area (Å²) in [4.78, 5) is 10.9. The molecular formula is C9H10NO3S-. The van der Waals surface area contributed by atoms with Gasteiger partial charge < -0.3 is 9.87 Å². The zero-order valence-corrected chi connectivity index (χ0v) is 8.47. The summed E-state index contributed by atoms with van der Waals surface area (Å²) < 4.78 is 20.5. The third-order valence-electron chi connectivity index (χ3n) is 1.69. The summed E-state index contributed by atoms with van der Waals surface area (Å²) in [6.07, 6.45) is 0. The molecule has 0 aliphatic heterocycles. The van der Waals surface area contributed by atoms with Crippen molar-refractivity contribution in [3.05, 3.63) is 29.8 Å². The molecule has 1 rings (SSSR count). The van der Waals surface area contributed by atoms with E-state index < -0.39 is 11.1 Å². The normalized spacial score (nSPS) is 12.1. The van der Waals surface area contributed by atoms with Crippen molar-refractivity contribution in [2.45, 2.75) is 6.92 Å². The molecule has 0 aliphatic rings. The van der Waals surface area contributed by atoms with Crippen molar-refractivity contribution in [3.8, 4) is 0 Å². The Hall–Kier alpha value is -1.20. The topological polar surface area (TPSA) is 69.2 Å². The first-order valence-electron chi connectivity index (χ1n) is 4.00. The van der Waals surface area contributed by atoms with Gasteiger partial charge in [-0.05, 0) is 42.3 Å². The summed E-state index contributed by atoms with van der Waals surface area (Å²) in [5.74, 6) is -0.136. The van der Waals surface area contributed by atoms with Crippen molar-refractivity contribution in [3.63, 3.8) is 0 Å². The Labute approximate surface area is 84.6 Å². The second-order valence-electron chi connectivity index (χ2n) is 2.76. The Kier molecular flexibility index (Phi) is 3.79. The van der Waals surface area contributed by atoms with Gasteiger partial charge in [0.05, 0.1) is 5.88 Å². The van der Waals surface area contributed by atoms with Gasteiger partial charge in [0, 0.05) is 11.3 Å². The fraction of sp³-hybridized carbons (Fsp3) is 0.222. The van der Waals surface area contributed by atoms with Crippen LogP contribution in [-0.2, 0) is 11.1 Å². The number of nitrogens with one attached hydrogen (secondary N) is 1. The van der Waals surface area contributed by atoms with E-state index in [4.69, 9.17) is 0 Å². The van der Waals surface area contributed by atoms with Gasteiger partial charge in [0.1, 0.15) is 0 Å². The number of ketones is 1. The predicted octanol–water partition coefficient (Wildman–Crippen LogP) is 1.14. The van der Waals surface area contributed by atoms with Gasteiger partial charge in [-0.2, -0.15) is 0 Å². The zero-order chi connectivity index (χ0) is 10.6. The van der Waals surface area contributed by atoms with Crippen molar-refractivity contribution < 1.29 is 13.6 Å². The highest BCUT2D eigenvalue weighted by atomic mass is 32.2. The van der Waals surface area contributed by atoms with Crippen LogP contribution in [0.2, 0.25) is 0 Å². The maximum absolute atomic E-state index is 10.9. The minimum absolute atomic E-state index is 0.0102. The molecular weight excluding hydrogens is 202 g/mol. The van der Waals surface area contributed by atoms with Crippen LogP contribution in [0, 0.1) is 0 Å². The number of carbonyl (C=O) groups excluding carboxylic acids is 1. The van der Waals surface area contributed by atoms with E-state index in [0.717, 1.165) is 0 Å². The van der Waals surface area contributed by atoms with Crippen LogP contribution in [0.1, 0.15) is 17.3 Å². The fourth-order valence-corrected chi connectivity index (χ4v) is 1.25. The number of anilines is 1. The summed E-state index contributed by atoms with van der Waals surface area (Å²) in [6, 6.07) is 6.64. The van der Waals surface area contributed by atoms with Crippen molar-refractivity contribution in [1.82, 2.24) is 0 Å². The standard InChI is InChI=1S/C9H11NO3S/c1-7(11)8-2-4-9(5-3-8)10-6-14(12)13/h2-5,10H,6H2,1H3,(H,12,13)/p-1. The molecule has 0 saturated carbocycles. The van der Waals surface area contributed by atoms with Gasteiger partial charge in [0.2, 0.25) is 0 Å². The van der Waals surface area contributed by atoms with Crippen LogP contribution in [-0.4, -0.2) is 20.4 Å². The second kappa shape index (κ2) is 4.88. The molecule has 0 saturated heterocycles. The molecule has 0 spiro atoms. The van der Waals surface area contributed by atoms with Crippen LogP contribution >= 0.6 is 0 Å². The third kappa shape index (κ3) is 3.27. The van der Waals surface area contributed by atoms with Crippen LogP contribution in [0.3, 0.4) is 0 Å². The molecule has 1 atom stereocenters. The van der Waals surface area contributed by atoms with Crippen LogP contribution in [0.5, 0.6) is 0 Å². The highest BCUT2D eigenvalue weighted by molar-refractivity contribution is 7.79. The second-order valence-corrected chi connectivity index (χ2v) is 3.65. The Morgan fingerprint density at radius 3 is 2.43 bits per heavy atom. The lowest BCUT2D eigenvalue weighted by atomic mass is 10.1. The van der Waals surface area contributed by atoms with E-state index >= 15 is 0 Å². The molecule has 1 aromatic rings. The summed E-state index contributed by atoms with van der Waals surface area (Å²) in [7, 11) is 0. The highest BCUT2D eigenvalue weighted by Gasteiger charge is 1.97. The Bertz CT molecular complexity index is 348. The highest BCUT2D eigenvalue weighted by Crippen LogP contribution is 2.09. The zero-order valence-electron chi connectivity index (χ0n) is 7.65. The smallest absolute Gasteiger partial charge is 0.159 e. The molecule has 4 nitrogen and oxygen atoms in total. The van der Waals surface area contributed by atoms with Gasteiger partial charge in [-0.3, -0.25) is 9.00 Å². The SMILES string of the molecule is CC(=O)c1ccc(NCS(=O)[O-])cc1. The van der Waals surface area contributed by atoms with E-state index in [0.29, 0.717) is 11.3 Å². The molecule has 76 valence electrons. The number of rotatable bonds is 4. The van der Waals surface area contributed by atoms with E-state index in [2.05, 4.69) is 5.32 Å². The van der Waals surface area contributed by atoms with Gasteiger partial charge in [-0.15, -0.1) is 0 Å². The summed E-state index contributed by atoms with van der Waals surface area (Å²) >= 11 is -2.11. The molecule has 0 radical (unpaired) electrons. The average Bonchev–Trinajstić information content (AvgIpc) is 2.15. The number of hydrogen-bond acceptors (Lipinski definition) is 4. The first kappa shape index (κ1) is 10.9. The maximum atomic E-state index is 10.9. The van der Waals surface area contributed by atoms with Crippen LogP contribution in [0.4, 0.5) is 5.69 Å². The first-order valence-corrected chi connectivity index (χ1v) is 5.25. The lowest BCUT2D eigenvalue weighted by molar-refractivity contribution is 0.101. The lowest BCUT2D eigenvalue weighted by Crippen LogP contribution is -2.07. The van der Waals surface area contributed by atoms with Gasteiger partial charge in [0.25, 0.3) is 0 Å². The van der Waals surface area contributed by atoms with Gasteiger partial charge >= 0.3 is 0 Å². The Morgan fingerprint density at radius 1 is 1.43 bits per heavy atom. The molecule has 0 heterocycles.